The van der Waals surface area contributed by atoms with Crippen LogP contribution in [0.25, 0.3) is 0 Å². The Bertz CT molecular complexity index is 691. The van der Waals surface area contributed by atoms with Crippen LogP contribution >= 0.6 is 22.6 Å². The molecule has 0 amide bonds. The molecular weight excluding hydrogens is 491 g/mol. The van der Waals surface area contributed by atoms with Crippen LogP contribution in [0, 0.1) is 29.1 Å². The number of carbonyl (C=O) groups excluding carboxylic acids is 3. The first-order valence-corrected chi connectivity index (χ1v) is 11.8. The molecule has 1 unspecified atom stereocenters. The van der Waals surface area contributed by atoms with Crippen LogP contribution < -0.4 is 0 Å². The molecule has 162 valence electrons. The van der Waals surface area contributed by atoms with Crippen molar-refractivity contribution >= 4 is 40.3 Å². The summed E-state index contributed by atoms with van der Waals surface area (Å²) in [5.74, 6) is -1.80. The second-order valence-electron chi connectivity index (χ2n) is 7.80. The molecule has 3 fully saturated rings. The molecule has 4 rings (SSSR count). The van der Waals surface area contributed by atoms with Gasteiger partial charge in [-0.05, 0) is 38.2 Å². The maximum atomic E-state index is 13.3. The number of esters is 2. The van der Waals surface area contributed by atoms with Gasteiger partial charge in [-0.25, -0.2) is 0 Å². The van der Waals surface area contributed by atoms with E-state index in [-0.39, 0.29) is 55.6 Å². The van der Waals surface area contributed by atoms with E-state index in [1.165, 1.54) is 6.92 Å². The molecule has 0 aromatic carbocycles. The van der Waals surface area contributed by atoms with E-state index in [0.29, 0.717) is 17.5 Å². The van der Waals surface area contributed by atoms with E-state index in [1.807, 2.05) is 13.0 Å². The standard InChI is InChI=1S/C21H29IO7/c1-4-26-17(9-22)29-10-13-8-21(20(25)27-5-2)15-7-6-14(19(24)18(13)15)16(21)11-28-12(3)23/h8,14-18H,4-7,9-11H2,1-3H3/t14-,15-,16-,17?,18-,21-/m0/s1. The third-order valence-corrected chi connectivity index (χ3v) is 7.13. The number of hydrogen-bond acceptors (Lipinski definition) is 7. The van der Waals surface area contributed by atoms with Gasteiger partial charge in [0.25, 0.3) is 0 Å². The molecule has 4 bridgehead atoms. The number of alkyl halides is 1. The Labute approximate surface area is 185 Å². The van der Waals surface area contributed by atoms with Crippen molar-refractivity contribution in [1.82, 2.24) is 0 Å². The van der Waals surface area contributed by atoms with Crippen LogP contribution in [0.3, 0.4) is 0 Å². The molecule has 4 aliphatic rings. The van der Waals surface area contributed by atoms with Crippen LogP contribution in [0.2, 0.25) is 0 Å². The molecule has 3 saturated carbocycles. The van der Waals surface area contributed by atoms with E-state index >= 15 is 0 Å². The molecule has 0 aromatic rings. The summed E-state index contributed by atoms with van der Waals surface area (Å²) in [6, 6.07) is 0. The summed E-state index contributed by atoms with van der Waals surface area (Å²) in [5.41, 5.74) is -0.102. The SMILES string of the molecule is CCOC(=O)[C@@]12C=C(COC(CI)OCC)[C@@H]3C(=O)[C@@H](CC[C@@H]31)[C@@H]2COC(C)=O. The number of Topliss-reactive ketones (excluding diaryl/α,β-unsaturated/α-hetero) is 1. The monoisotopic (exact) mass is 520 g/mol. The van der Waals surface area contributed by atoms with Gasteiger partial charge in [0.2, 0.25) is 0 Å². The van der Waals surface area contributed by atoms with E-state index in [0.717, 1.165) is 12.0 Å². The normalized spacial score (nSPS) is 33.4. The molecule has 0 N–H and O–H groups in total. The first-order valence-electron chi connectivity index (χ1n) is 10.3. The maximum absolute atomic E-state index is 13.3. The van der Waals surface area contributed by atoms with Crippen molar-refractivity contribution in [3.05, 3.63) is 11.6 Å². The zero-order valence-corrected chi connectivity index (χ0v) is 19.3. The predicted octanol–water partition coefficient (Wildman–Crippen LogP) is 2.69. The molecule has 0 aliphatic heterocycles. The smallest absolute Gasteiger partial charge is 0.316 e. The third kappa shape index (κ3) is 3.99. The van der Waals surface area contributed by atoms with E-state index in [2.05, 4.69) is 22.6 Å². The zero-order valence-electron chi connectivity index (χ0n) is 17.1. The third-order valence-electron chi connectivity index (χ3n) is 6.41. The van der Waals surface area contributed by atoms with Crippen molar-refractivity contribution < 1.29 is 33.3 Å². The Hall–Kier alpha value is -1.00. The zero-order chi connectivity index (χ0) is 21.2. The number of hydrogen-bond donors (Lipinski definition) is 0. The lowest BCUT2D eigenvalue weighted by molar-refractivity contribution is -0.179. The van der Waals surface area contributed by atoms with Gasteiger partial charge in [0, 0.05) is 31.3 Å². The van der Waals surface area contributed by atoms with Crippen molar-refractivity contribution in [2.45, 2.75) is 39.9 Å². The van der Waals surface area contributed by atoms with E-state index in [9.17, 15) is 14.4 Å². The van der Waals surface area contributed by atoms with Crippen molar-refractivity contribution in [2.24, 2.45) is 29.1 Å². The number of ketones is 1. The fourth-order valence-corrected chi connectivity index (χ4v) is 5.90. The molecule has 8 heteroatoms. The van der Waals surface area contributed by atoms with Crippen molar-refractivity contribution in [1.29, 1.82) is 0 Å². The van der Waals surface area contributed by atoms with Crippen LogP contribution in [-0.4, -0.2) is 54.9 Å². The largest absolute Gasteiger partial charge is 0.466 e. The van der Waals surface area contributed by atoms with Crippen LogP contribution in [0.4, 0.5) is 0 Å². The Morgan fingerprint density at radius 2 is 1.97 bits per heavy atom. The van der Waals surface area contributed by atoms with Gasteiger partial charge in [-0.15, -0.1) is 0 Å². The maximum Gasteiger partial charge on any atom is 0.316 e. The van der Waals surface area contributed by atoms with E-state index < -0.39 is 17.3 Å². The van der Waals surface area contributed by atoms with Gasteiger partial charge in [-0.1, -0.05) is 28.7 Å². The van der Waals surface area contributed by atoms with Crippen molar-refractivity contribution in [3.8, 4) is 0 Å². The molecule has 0 radical (unpaired) electrons. The Morgan fingerprint density at radius 3 is 2.59 bits per heavy atom. The summed E-state index contributed by atoms with van der Waals surface area (Å²) in [6.07, 6.45) is 3.04. The number of rotatable bonds is 10. The quantitative estimate of drug-likeness (QED) is 0.144. The fourth-order valence-electron chi connectivity index (χ4n) is 5.39. The lowest BCUT2D eigenvalue weighted by Crippen LogP contribution is -2.59. The van der Waals surface area contributed by atoms with Crippen LogP contribution in [0.5, 0.6) is 0 Å². The molecule has 4 aliphatic carbocycles. The van der Waals surface area contributed by atoms with Crippen molar-refractivity contribution in [2.75, 3.05) is 30.9 Å². The summed E-state index contributed by atoms with van der Waals surface area (Å²) in [4.78, 5) is 37.9. The molecule has 6 atom stereocenters. The van der Waals surface area contributed by atoms with E-state index in [4.69, 9.17) is 18.9 Å². The first kappa shape index (κ1) is 22.7. The predicted molar refractivity (Wildman–Crippen MR) is 112 cm³/mol. The highest BCUT2D eigenvalue weighted by molar-refractivity contribution is 14.1. The molecule has 29 heavy (non-hydrogen) atoms. The number of ether oxygens (including phenoxy) is 4. The second kappa shape index (κ2) is 9.43. The summed E-state index contributed by atoms with van der Waals surface area (Å²) < 4.78 is 22.9. The Kier molecular flexibility index (Phi) is 7.37. The summed E-state index contributed by atoms with van der Waals surface area (Å²) in [6.45, 7) is 6.11. The minimum atomic E-state index is -0.933. The van der Waals surface area contributed by atoms with Gasteiger partial charge >= 0.3 is 11.9 Å². The average molecular weight is 520 g/mol. The Morgan fingerprint density at radius 1 is 1.21 bits per heavy atom. The second-order valence-corrected chi connectivity index (χ2v) is 8.68. The van der Waals surface area contributed by atoms with Gasteiger partial charge < -0.3 is 18.9 Å². The number of carbonyl (C=O) groups is 3. The lowest BCUT2D eigenvalue weighted by atomic mass is 9.49. The molecule has 0 spiro atoms. The highest BCUT2D eigenvalue weighted by atomic mass is 127. The average Bonchev–Trinajstić information content (AvgIpc) is 3.00. The van der Waals surface area contributed by atoms with E-state index in [1.54, 1.807) is 6.92 Å². The summed E-state index contributed by atoms with van der Waals surface area (Å²) in [7, 11) is 0. The van der Waals surface area contributed by atoms with Gasteiger partial charge in [0.1, 0.15) is 5.78 Å². The van der Waals surface area contributed by atoms with Gasteiger partial charge in [-0.3, -0.25) is 14.4 Å². The minimum Gasteiger partial charge on any atom is -0.466 e. The topological polar surface area (TPSA) is 88.1 Å². The lowest BCUT2D eigenvalue weighted by Gasteiger charge is -2.52. The fraction of sp³-hybridized carbons (Fsp3) is 0.762. The summed E-state index contributed by atoms with van der Waals surface area (Å²) in [5, 5.41) is 0. The highest BCUT2D eigenvalue weighted by Crippen LogP contribution is 2.64. The Balaban J connectivity index is 1.93. The van der Waals surface area contributed by atoms with Gasteiger partial charge in [0.15, 0.2) is 6.29 Å². The van der Waals surface area contributed by atoms with Gasteiger partial charge in [0.05, 0.1) is 29.7 Å². The number of halogens is 1. The summed E-state index contributed by atoms with van der Waals surface area (Å²) >= 11 is 2.20. The van der Waals surface area contributed by atoms with Crippen LogP contribution in [-0.2, 0) is 33.3 Å². The van der Waals surface area contributed by atoms with Gasteiger partial charge in [-0.2, -0.15) is 0 Å². The molecule has 0 heterocycles. The highest BCUT2D eigenvalue weighted by Gasteiger charge is 2.69. The molecule has 0 aromatic heterocycles. The van der Waals surface area contributed by atoms with Crippen LogP contribution in [0.1, 0.15) is 33.6 Å². The first-order chi connectivity index (χ1) is 13.9. The van der Waals surface area contributed by atoms with Crippen LogP contribution in [0.15, 0.2) is 11.6 Å². The van der Waals surface area contributed by atoms with Crippen molar-refractivity contribution in [3.63, 3.8) is 0 Å². The molecular formula is C21H29IO7. The number of fused-ring (bicyclic) bond motifs is 1. The molecule has 0 saturated heterocycles. The molecule has 7 nitrogen and oxygen atoms in total. The minimum absolute atomic E-state index is 0.0493.